The summed E-state index contributed by atoms with van der Waals surface area (Å²) in [6, 6.07) is 21.7. The Labute approximate surface area is 202 Å². The van der Waals surface area contributed by atoms with E-state index in [2.05, 4.69) is 18.2 Å². The number of fused-ring (bicyclic) bond motifs is 1. The van der Waals surface area contributed by atoms with E-state index < -0.39 is 0 Å². The number of hydrogen-bond donors (Lipinski definition) is 0. The minimum Gasteiger partial charge on any atom is -0.497 e. The zero-order chi connectivity index (χ0) is 23.8. The lowest BCUT2D eigenvalue weighted by Crippen LogP contribution is -2.53. The molecular weight excluding hydrogens is 450 g/mol. The standard InChI is InChI=1S/C27H25NO5S/c1-30-19-11-9-16(10-12-19)25-24(23-13-17-7-5-6-8-22(17)34-23)27(29)28(25)18-14-20(31-2)26(33-4)21(15-18)32-3/h5-15,24-25H,1-4H3/t24?,25-/m1/s1. The summed E-state index contributed by atoms with van der Waals surface area (Å²) in [5.41, 5.74) is 1.72. The van der Waals surface area contributed by atoms with Crippen molar-refractivity contribution in [3.8, 4) is 23.0 Å². The highest BCUT2D eigenvalue weighted by atomic mass is 32.1. The summed E-state index contributed by atoms with van der Waals surface area (Å²) in [6.45, 7) is 0. The first-order valence-corrected chi connectivity index (χ1v) is 11.7. The lowest BCUT2D eigenvalue weighted by molar-refractivity contribution is -0.126. The third kappa shape index (κ3) is 3.53. The fraction of sp³-hybridized carbons (Fsp3) is 0.222. The first kappa shape index (κ1) is 22.1. The lowest BCUT2D eigenvalue weighted by atomic mass is 9.80. The van der Waals surface area contributed by atoms with Gasteiger partial charge in [0.2, 0.25) is 11.7 Å². The Bertz CT molecular complexity index is 1290. The van der Waals surface area contributed by atoms with Gasteiger partial charge in [-0.15, -0.1) is 11.3 Å². The average Bonchev–Trinajstić information content (AvgIpc) is 3.29. The summed E-state index contributed by atoms with van der Waals surface area (Å²) in [4.78, 5) is 16.6. The number of hydrogen-bond acceptors (Lipinski definition) is 6. The smallest absolute Gasteiger partial charge is 0.238 e. The fourth-order valence-corrected chi connectivity index (χ4v) is 5.75. The number of carbonyl (C=O) groups excluding carboxylic acids is 1. The highest BCUT2D eigenvalue weighted by Gasteiger charge is 2.50. The normalized spacial score (nSPS) is 17.4. The summed E-state index contributed by atoms with van der Waals surface area (Å²) < 4.78 is 23.1. The van der Waals surface area contributed by atoms with Crippen molar-refractivity contribution in [2.45, 2.75) is 12.0 Å². The third-order valence-electron chi connectivity index (χ3n) is 6.23. The number of nitrogens with zero attached hydrogens (tertiary/aromatic N) is 1. The van der Waals surface area contributed by atoms with E-state index in [-0.39, 0.29) is 17.9 Å². The van der Waals surface area contributed by atoms with Crippen LogP contribution in [-0.4, -0.2) is 34.3 Å². The zero-order valence-electron chi connectivity index (χ0n) is 19.4. The first-order chi connectivity index (χ1) is 16.6. The van der Waals surface area contributed by atoms with Crippen LogP contribution in [0.25, 0.3) is 10.1 Å². The van der Waals surface area contributed by atoms with Gasteiger partial charge in [0, 0.05) is 21.7 Å². The predicted molar refractivity (Wildman–Crippen MR) is 134 cm³/mol. The summed E-state index contributed by atoms with van der Waals surface area (Å²) in [5.74, 6) is 2.01. The highest BCUT2D eigenvalue weighted by molar-refractivity contribution is 7.19. The summed E-state index contributed by atoms with van der Waals surface area (Å²) in [7, 11) is 6.34. The maximum Gasteiger partial charge on any atom is 0.238 e. The minimum absolute atomic E-state index is 0.0293. The van der Waals surface area contributed by atoms with E-state index in [0.29, 0.717) is 22.9 Å². The van der Waals surface area contributed by atoms with Crippen molar-refractivity contribution in [1.29, 1.82) is 0 Å². The van der Waals surface area contributed by atoms with Gasteiger partial charge in [-0.05, 0) is 35.2 Å². The Morgan fingerprint density at radius 1 is 0.794 bits per heavy atom. The molecule has 1 aliphatic rings. The van der Waals surface area contributed by atoms with Crippen LogP contribution < -0.4 is 23.8 Å². The molecule has 0 N–H and O–H groups in total. The van der Waals surface area contributed by atoms with Crippen LogP contribution in [0.3, 0.4) is 0 Å². The number of benzene rings is 3. The van der Waals surface area contributed by atoms with Gasteiger partial charge in [0.1, 0.15) is 5.75 Å². The van der Waals surface area contributed by atoms with Crippen LogP contribution >= 0.6 is 11.3 Å². The molecule has 1 amide bonds. The SMILES string of the molecule is COc1ccc([C@@H]2C(c3cc4ccccc4s3)C(=O)N2c2cc(OC)c(OC)c(OC)c2)cc1. The van der Waals surface area contributed by atoms with Crippen LogP contribution in [0.15, 0.2) is 66.7 Å². The van der Waals surface area contributed by atoms with Crippen molar-refractivity contribution in [2.75, 3.05) is 33.3 Å². The van der Waals surface area contributed by atoms with E-state index in [1.807, 2.05) is 48.5 Å². The molecule has 2 atom stereocenters. The number of β-lactam (4-membered cyclic amide) rings is 1. The van der Waals surface area contributed by atoms with E-state index in [0.717, 1.165) is 21.6 Å². The summed E-state index contributed by atoms with van der Waals surface area (Å²) in [5, 5.41) is 1.15. The number of rotatable bonds is 7. The van der Waals surface area contributed by atoms with Crippen LogP contribution in [0, 0.1) is 0 Å². The molecule has 6 nitrogen and oxygen atoms in total. The van der Waals surface area contributed by atoms with Gasteiger partial charge in [-0.3, -0.25) is 4.79 Å². The number of carbonyl (C=O) groups is 1. The topological polar surface area (TPSA) is 57.2 Å². The Balaban J connectivity index is 1.62. The van der Waals surface area contributed by atoms with E-state index in [9.17, 15) is 4.79 Å². The van der Waals surface area contributed by atoms with E-state index in [1.165, 1.54) is 4.70 Å². The molecule has 0 saturated carbocycles. The zero-order valence-corrected chi connectivity index (χ0v) is 20.2. The van der Waals surface area contributed by atoms with Crippen LogP contribution in [0.1, 0.15) is 22.4 Å². The summed E-state index contributed by atoms with van der Waals surface area (Å²) >= 11 is 1.67. The molecular formula is C27H25NO5S. The molecule has 3 aromatic carbocycles. The largest absolute Gasteiger partial charge is 0.497 e. The Morgan fingerprint density at radius 3 is 2.06 bits per heavy atom. The second-order valence-corrected chi connectivity index (χ2v) is 9.09. The minimum atomic E-state index is -0.287. The summed E-state index contributed by atoms with van der Waals surface area (Å²) in [6.07, 6.45) is 0. The predicted octanol–water partition coefficient (Wildman–Crippen LogP) is 5.81. The second kappa shape index (κ2) is 8.91. The number of amides is 1. The maximum atomic E-state index is 13.7. The first-order valence-electron chi connectivity index (χ1n) is 10.8. The molecule has 174 valence electrons. The van der Waals surface area contributed by atoms with Crippen LogP contribution in [0.4, 0.5) is 5.69 Å². The molecule has 1 fully saturated rings. The number of methoxy groups -OCH3 is 4. The van der Waals surface area contributed by atoms with Crippen molar-refractivity contribution in [3.05, 3.63) is 77.2 Å². The van der Waals surface area contributed by atoms with E-state index >= 15 is 0 Å². The molecule has 5 rings (SSSR count). The van der Waals surface area contributed by atoms with E-state index in [4.69, 9.17) is 18.9 Å². The molecule has 0 radical (unpaired) electrons. The Kier molecular flexibility index (Phi) is 5.79. The maximum absolute atomic E-state index is 13.7. The molecule has 34 heavy (non-hydrogen) atoms. The second-order valence-electron chi connectivity index (χ2n) is 7.97. The molecule has 1 aliphatic heterocycles. The number of anilines is 1. The van der Waals surface area contributed by atoms with Crippen LogP contribution in [0.2, 0.25) is 0 Å². The van der Waals surface area contributed by atoms with Gasteiger partial charge in [-0.1, -0.05) is 30.3 Å². The highest BCUT2D eigenvalue weighted by Crippen LogP contribution is 2.53. The molecule has 1 aromatic heterocycles. The van der Waals surface area contributed by atoms with Gasteiger partial charge in [0.15, 0.2) is 11.5 Å². The average molecular weight is 476 g/mol. The Morgan fingerprint density at radius 2 is 1.47 bits per heavy atom. The van der Waals surface area contributed by atoms with Crippen molar-refractivity contribution >= 4 is 33.0 Å². The van der Waals surface area contributed by atoms with Crippen molar-refractivity contribution in [1.82, 2.24) is 0 Å². The van der Waals surface area contributed by atoms with Gasteiger partial charge < -0.3 is 23.8 Å². The van der Waals surface area contributed by atoms with Crippen LogP contribution in [-0.2, 0) is 4.79 Å². The third-order valence-corrected chi connectivity index (χ3v) is 7.43. The van der Waals surface area contributed by atoms with Crippen molar-refractivity contribution in [2.24, 2.45) is 0 Å². The van der Waals surface area contributed by atoms with Crippen molar-refractivity contribution < 1.29 is 23.7 Å². The molecule has 7 heteroatoms. The van der Waals surface area contributed by atoms with Gasteiger partial charge in [0.05, 0.1) is 46.1 Å². The molecule has 0 aliphatic carbocycles. The molecule has 4 aromatic rings. The van der Waals surface area contributed by atoms with Gasteiger partial charge in [0.25, 0.3) is 0 Å². The molecule has 0 spiro atoms. The number of ether oxygens (including phenoxy) is 4. The van der Waals surface area contributed by atoms with Gasteiger partial charge in [-0.2, -0.15) is 0 Å². The quantitative estimate of drug-likeness (QED) is 0.316. The molecule has 0 bridgehead atoms. The van der Waals surface area contributed by atoms with Gasteiger partial charge >= 0.3 is 0 Å². The molecule has 1 saturated heterocycles. The molecule has 2 heterocycles. The number of thiophene rings is 1. The lowest BCUT2D eigenvalue weighted by Gasteiger charge is -2.47. The molecule has 1 unspecified atom stereocenters. The fourth-order valence-electron chi connectivity index (χ4n) is 4.56. The monoisotopic (exact) mass is 475 g/mol. The van der Waals surface area contributed by atoms with E-state index in [1.54, 1.807) is 44.7 Å². The van der Waals surface area contributed by atoms with Crippen LogP contribution in [0.5, 0.6) is 23.0 Å². The van der Waals surface area contributed by atoms with Gasteiger partial charge in [-0.25, -0.2) is 0 Å². The van der Waals surface area contributed by atoms with Crippen molar-refractivity contribution in [3.63, 3.8) is 0 Å². The Hall–Kier alpha value is -3.71.